The predicted octanol–water partition coefficient (Wildman–Crippen LogP) is 1.61. The summed E-state index contributed by atoms with van der Waals surface area (Å²) in [5.41, 5.74) is 0. The summed E-state index contributed by atoms with van der Waals surface area (Å²) in [6.45, 7) is 1.15. The maximum absolute atomic E-state index is 11.8. The van der Waals surface area contributed by atoms with Crippen molar-refractivity contribution >= 4 is 10.0 Å². The van der Waals surface area contributed by atoms with Gasteiger partial charge in [0, 0.05) is 13.6 Å². The standard InChI is InChI=1S/C7H14F3NO2S/c1-3-6-14(12,13)11(2)5-4-7(8,9)10/h3-6H2,1-2H3. The molecule has 0 N–H and O–H groups in total. The van der Waals surface area contributed by atoms with E-state index in [1.165, 1.54) is 0 Å². The Kier molecular flexibility index (Phi) is 4.87. The predicted molar refractivity (Wildman–Crippen MR) is 47.4 cm³/mol. The molecule has 0 radical (unpaired) electrons. The molecule has 3 nitrogen and oxygen atoms in total. The number of nitrogens with zero attached hydrogens (tertiary/aromatic N) is 1. The van der Waals surface area contributed by atoms with Crippen molar-refractivity contribution in [2.45, 2.75) is 25.9 Å². The van der Waals surface area contributed by atoms with Gasteiger partial charge < -0.3 is 0 Å². The van der Waals surface area contributed by atoms with Crippen LogP contribution in [0.3, 0.4) is 0 Å². The molecular formula is C7H14F3NO2S. The normalized spacial score (nSPS) is 13.6. The number of sulfonamides is 1. The maximum atomic E-state index is 11.8. The number of alkyl halides is 3. The average molecular weight is 233 g/mol. The van der Waals surface area contributed by atoms with Crippen molar-refractivity contribution in [3.63, 3.8) is 0 Å². The summed E-state index contributed by atoms with van der Waals surface area (Å²) in [4.78, 5) is 0. The van der Waals surface area contributed by atoms with Gasteiger partial charge in [-0.2, -0.15) is 13.2 Å². The Labute approximate surface area is 81.9 Å². The first-order valence-corrected chi connectivity index (χ1v) is 5.80. The lowest BCUT2D eigenvalue weighted by atomic mass is 10.4. The largest absolute Gasteiger partial charge is 0.390 e. The molecule has 0 unspecified atom stereocenters. The van der Waals surface area contributed by atoms with Gasteiger partial charge in [0.15, 0.2) is 0 Å². The van der Waals surface area contributed by atoms with Crippen LogP contribution in [0.25, 0.3) is 0 Å². The third-order valence-corrected chi connectivity index (χ3v) is 3.70. The highest BCUT2D eigenvalue weighted by Crippen LogP contribution is 2.20. The van der Waals surface area contributed by atoms with Gasteiger partial charge in [-0.25, -0.2) is 12.7 Å². The lowest BCUT2D eigenvalue weighted by Crippen LogP contribution is -2.32. The van der Waals surface area contributed by atoms with Gasteiger partial charge in [-0.15, -0.1) is 0 Å². The van der Waals surface area contributed by atoms with Gasteiger partial charge in [0.25, 0.3) is 0 Å². The molecule has 0 saturated heterocycles. The van der Waals surface area contributed by atoms with Gasteiger partial charge in [0.1, 0.15) is 0 Å². The molecule has 0 atom stereocenters. The first kappa shape index (κ1) is 13.7. The van der Waals surface area contributed by atoms with Gasteiger partial charge in [0.2, 0.25) is 10.0 Å². The fourth-order valence-corrected chi connectivity index (χ4v) is 2.03. The second kappa shape index (κ2) is 4.97. The van der Waals surface area contributed by atoms with E-state index in [9.17, 15) is 21.6 Å². The van der Waals surface area contributed by atoms with Crippen LogP contribution in [0, 0.1) is 0 Å². The fourth-order valence-electron chi connectivity index (χ4n) is 0.837. The van der Waals surface area contributed by atoms with E-state index in [4.69, 9.17) is 0 Å². The quantitative estimate of drug-likeness (QED) is 0.723. The zero-order valence-corrected chi connectivity index (χ0v) is 8.95. The highest BCUT2D eigenvalue weighted by molar-refractivity contribution is 7.89. The average Bonchev–Trinajstić information content (AvgIpc) is 1.98. The first-order chi connectivity index (χ1) is 6.19. The molecule has 0 aliphatic rings. The Morgan fingerprint density at radius 1 is 1.29 bits per heavy atom. The van der Waals surface area contributed by atoms with Gasteiger partial charge in [-0.1, -0.05) is 6.92 Å². The molecule has 86 valence electrons. The van der Waals surface area contributed by atoms with E-state index in [2.05, 4.69) is 0 Å². The molecule has 0 amide bonds. The van der Waals surface area contributed by atoms with Gasteiger partial charge in [-0.3, -0.25) is 0 Å². The van der Waals surface area contributed by atoms with Crippen LogP contribution in [0.2, 0.25) is 0 Å². The Balaban J connectivity index is 4.15. The Hall–Kier alpha value is -0.300. The van der Waals surface area contributed by atoms with Crippen LogP contribution in [0.1, 0.15) is 19.8 Å². The van der Waals surface area contributed by atoms with Crippen molar-refractivity contribution in [2.24, 2.45) is 0 Å². The summed E-state index contributed by atoms with van der Waals surface area (Å²) in [5, 5.41) is 0. The SMILES string of the molecule is CCCS(=O)(=O)N(C)CCC(F)(F)F. The molecule has 0 aromatic rings. The third kappa shape index (κ3) is 5.43. The van der Waals surface area contributed by atoms with E-state index in [-0.39, 0.29) is 5.75 Å². The summed E-state index contributed by atoms with van der Waals surface area (Å²) in [7, 11) is -2.34. The molecule has 0 bridgehead atoms. The van der Waals surface area contributed by atoms with Crippen molar-refractivity contribution in [1.29, 1.82) is 0 Å². The van der Waals surface area contributed by atoms with Crippen LogP contribution in [0.15, 0.2) is 0 Å². The second-order valence-corrected chi connectivity index (χ2v) is 5.20. The van der Waals surface area contributed by atoms with Crippen LogP contribution in [0.5, 0.6) is 0 Å². The topological polar surface area (TPSA) is 37.4 Å². The number of hydrogen-bond acceptors (Lipinski definition) is 2. The number of hydrogen-bond donors (Lipinski definition) is 0. The summed E-state index contributed by atoms with van der Waals surface area (Å²) in [6, 6.07) is 0. The molecular weight excluding hydrogens is 219 g/mol. The van der Waals surface area contributed by atoms with Crippen LogP contribution in [0.4, 0.5) is 13.2 Å². The van der Waals surface area contributed by atoms with Crippen LogP contribution in [-0.4, -0.2) is 38.2 Å². The molecule has 0 aliphatic carbocycles. The van der Waals surface area contributed by atoms with E-state index in [0.717, 1.165) is 11.4 Å². The van der Waals surface area contributed by atoms with E-state index in [1.807, 2.05) is 0 Å². The minimum Gasteiger partial charge on any atom is -0.212 e. The van der Waals surface area contributed by atoms with E-state index >= 15 is 0 Å². The van der Waals surface area contributed by atoms with Crippen molar-refractivity contribution in [3.05, 3.63) is 0 Å². The van der Waals surface area contributed by atoms with Gasteiger partial charge >= 0.3 is 6.18 Å². The number of halogens is 3. The van der Waals surface area contributed by atoms with E-state index in [1.54, 1.807) is 6.92 Å². The molecule has 0 aromatic heterocycles. The van der Waals surface area contributed by atoms with Crippen LogP contribution in [-0.2, 0) is 10.0 Å². The molecule has 7 heteroatoms. The van der Waals surface area contributed by atoms with E-state index in [0.29, 0.717) is 6.42 Å². The fraction of sp³-hybridized carbons (Fsp3) is 1.00. The molecule has 0 heterocycles. The van der Waals surface area contributed by atoms with Crippen molar-refractivity contribution in [3.8, 4) is 0 Å². The lowest BCUT2D eigenvalue weighted by molar-refractivity contribution is -0.135. The highest BCUT2D eigenvalue weighted by atomic mass is 32.2. The lowest BCUT2D eigenvalue weighted by Gasteiger charge is -2.17. The minimum atomic E-state index is -4.31. The van der Waals surface area contributed by atoms with Crippen LogP contribution < -0.4 is 0 Å². The van der Waals surface area contributed by atoms with Crippen molar-refractivity contribution < 1.29 is 21.6 Å². The first-order valence-electron chi connectivity index (χ1n) is 4.20. The highest BCUT2D eigenvalue weighted by Gasteiger charge is 2.29. The zero-order valence-electron chi connectivity index (χ0n) is 8.13. The Bertz CT molecular complexity index is 261. The molecule has 0 aromatic carbocycles. The zero-order chi connectivity index (χ0) is 11.4. The summed E-state index contributed by atoms with van der Waals surface area (Å²) < 4.78 is 58.5. The Morgan fingerprint density at radius 3 is 2.14 bits per heavy atom. The molecule has 0 spiro atoms. The maximum Gasteiger partial charge on any atom is 0.390 e. The van der Waals surface area contributed by atoms with Gasteiger partial charge in [0.05, 0.1) is 12.2 Å². The monoisotopic (exact) mass is 233 g/mol. The van der Waals surface area contributed by atoms with Crippen molar-refractivity contribution in [1.82, 2.24) is 4.31 Å². The Morgan fingerprint density at radius 2 is 1.79 bits per heavy atom. The van der Waals surface area contributed by atoms with E-state index < -0.39 is 29.2 Å². The summed E-state index contributed by atoms with van der Waals surface area (Å²) in [6.07, 6.45) is -5.01. The summed E-state index contributed by atoms with van der Waals surface area (Å²) in [5.74, 6) is -0.110. The summed E-state index contributed by atoms with van der Waals surface area (Å²) >= 11 is 0. The molecule has 0 saturated carbocycles. The smallest absolute Gasteiger partial charge is 0.212 e. The second-order valence-electron chi connectivity index (χ2n) is 3.00. The molecule has 14 heavy (non-hydrogen) atoms. The van der Waals surface area contributed by atoms with Crippen LogP contribution >= 0.6 is 0 Å². The third-order valence-electron chi connectivity index (χ3n) is 1.65. The molecule has 0 aliphatic heterocycles. The molecule has 0 rings (SSSR count). The molecule has 0 fully saturated rings. The van der Waals surface area contributed by atoms with Gasteiger partial charge in [-0.05, 0) is 6.42 Å². The minimum absolute atomic E-state index is 0.110. The number of rotatable bonds is 5. The van der Waals surface area contributed by atoms with Crippen molar-refractivity contribution in [2.75, 3.05) is 19.3 Å².